The molecule has 13 nitrogen and oxygen atoms in total. The zero-order valence-electron chi connectivity index (χ0n) is 22.2. The molecule has 39 heavy (non-hydrogen) atoms. The van der Waals surface area contributed by atoms with Gasteiger partial charge < -0.3 is 30.5 Å². The number of hydrogen-bond donors (Lipinski definition) is 5. The summed E-state index contributed by atoms with van der Waals surface area (Å²) in [6.07, 6.45) is 4.10. The summed E-state index contributed by atoms with van der Waals surface area (Å²) in [5, 5.41) is 24.3. The van der Waals surface area contributed by atoms with Gasteiger partial charge in [-0.1, -0.05) is 19.1 Å². The summed E-state index contributed by atoms with van der Waals surface area (Å²) in [6.45, 7) is 1.90. The molecule has 5 N–H and O–H groups in total. The lowest BCUT2D eigenvalue weighted by Crippen LogP contribution is -2.59. The largest absolute Gasteiger partial charge is 0.465 e. The maximum absolute atomic E-state index is 13.7. The van der Waals surface area contributed by atoms with Crippen molar-refractivity contribution in [2.24, 2.45) is 17.8 Å². The Morgan fingerprint density at radius 3 is 2.59 bits per heavy atom. The minimum absolute atomic E-state index is 0.0847. The zero-order chi connectivity index (χ0) is 28.5. The molecular formula is C25H38N4O9S. The second-order valence-corrected chi connectivity index (χ2v) is 13.3. The lowest BCUT2D eigenvalue weighted by Gasteiger charge is -2.33. The number of aliphatic hydroxyl groups is 1. The Kier molecular flexibility index (Phi) is 8.57. The molecule has 3 fully saturated rings. The van der Waals surface area contributed by atoms with E-state index in [-0.39, 0.29) is 31.9 Å². The third-order valence-electron chi connectivity index (χ3n) is 8.13. The van der Waals surface area contributed by atoms with Crippen molar-refractivity contribution in [2.45, 2.75) is 80.8 Å². The monoisotopic (exact) mass is 570 g/mol. The number of carbonyl (C=O) groups excluding carboxylic acids is 3. The molecule has 4 amide bonds. The van der Waals surface area contributed by atoms with Gasteiger partial charge in [0.2, 0.25) is 21.8 Å². The molecule has 0 aromatic rings. The molecule has 4 aliphatic rings. The van der Waals surface area contributed by atoms with E-state index < -0.39 is 74.7 Å². The fourth-order valence-electron chi connectivity index (χ4n) is 5.76. The molecule has 1 unspecified atom stereocenters. The van der Waals surface area contributed by atoms with Gasteiger partial charge in [-0.3, -0.25) is 19.1 Å². The number of hydrogen-bond acceptors (Lipinski definition) is 8. The molecule has 1 saturated heterocycles. The Hall–Kier alpha value is -2.71. The molecule has 0 spiro atoms. The molecular weight excluding hydrogens is 532 g/mol. The van der Waals surface area contributed by atoms with Crippen LogP contribution in [-0.4, -0.2) is 96.6 Å². The van der Waals surface area contributed by atoms with Crippen molar-refractivity contribution >= 4 is 33.8 Å². The average Bonchev–Trinajstić information content (AvgIpc) is 3.77. The van der Waals surface area contributed by atoms with Gasteiger partial charge in [0.25, 0.3) is 5.91 Å². The van der Waals surface area contributed by atoms with Crippen LogP contribution in [0.25, 0.3) is 0 Å². The number of methoxy groups -OCH3 is 1. The second-order valence-electron chi connectivity index (χ2n) is 11.3. The smallest absolute Gasteiger partial charge is 0.405 e. The van der Waals surface area contributed by atoms with Gasteiger partial charge >= 0.3 is 6.09 Å². The van der Waals surface area contributed by atoms with Gasteiger partial charge in [0.15, 0.2) is 0 Å². The van der Waals surface area contributed by atoms with Crippen LogP contribution in [0.3, 0.4) is 0 Å². The van der Waals surface area contributed by atoms with Crippen molar-refractivity contribution in [2.75, 3.05) is 20.3 Å². The predicted octanol–water partition coefficient (Wildman–Crippen LogP) is -0.293. The van der Waals surface area contributed by atoms with Crippen LogP contribution in [0.2, 0.25) is 0 Å². The van der Waals surface area contributed by atoms with E-state index in [0.29, 0.717) is 32.1 Å². The Balaban J connectivity index is 1.65. The number of nitrogens with one attached hydrogen (secondary N) is 3. The predicted molar refractivity (Wildman–Crippen MR) is 138 cm³/mol. The van der Waals surface area contributed by atoms with Crippen LogP contribution >= 0.6 is 0 Å². The lowest BCUT2D eigenvalue weighted by atomic mass is 9.87. The van der Waals surface area contributed by atoms with Gasteiger partial charge in [-0.2, -0.15) is 0 Å². The number of allylic oxidation sites excluding steroid dienone is 1. The Labute approximate surface area is 227 Å². The van der Waals surface area contributed by atoms with E-state index in [1.165, 1.54) is 7.11 Å². The SMILES string of the molecule is COC[C@@H]1CC(C)CC/C=C\[C@@H]2C[C@@]2(C(=O)NS(=O)(=O)C2CC2)NC(=O)[C@@H]2C[C@@H](O)CN2C(=O)[C@H]1NC(=O)O. The average molecular weight is 571 g/mol. The van der Waals surface area contributed by atoms with Crippen molar-refractivity contribution in [3.8, 4) is 0 Å². The maximum Gasteiger partial charge on any atom is 0.405 e. The van der Waals surface area contributed by atoms with E-state index >= 15 is 0 Å². The lowest BCUT2D eigenvalue weighted by molar-refractivity contribution is -0.142. The van der Waals surface area contributed by atoms with Crippen molar-refractivity contribution < 1.29 is 42.5 Å². The number of nitrogens with zero attached hydrogens (tertiary/aromatic N) is 1. The van der Waals surface area contributed by atoms with E-state index in [0.717, 1.165) is 4.90 Å². The van der Waals surface area contributed by atoms with Crippen LogP contribution in [0.15, 0.2) is 12.2 Å². The van der Waals surface area contributed by atoms with Crippen LogP contribution < -0.4 is 15.4 Å². The maximum atomic E-state index is 13.7. The van der Waals surface area contributed by atoms with Gasteiger partial charge in [0.05, 0.1) is 18.0 Å². The summed E-state index contributed by atoms with van der Waals surface area (Å²) in [5.41, 5.74) is -1.50. The highest BCUT2D eigenvalue weighted by atomic mass is 32.2. The number of carboxylic acid groups (broad SMARTS) is 1. The Morgan fingerprint density at radius 1 is 1.23 bits per heavy atom. The van der Waals surface area contributed by atoms with E-state index in [9.17, 15) is 37.8 Å². The number of rotatable bonds is 6. The summed E-state index contributed by atoms with van der Waals surface area (Å²) < 4.78 is 32.4. The third kappa shape index (κ3) is 6.55. The van der Waals surface area contributed by atoms with Crippen LogP contribution in [0.1, 0.15) is 51.9 Å². The molecule has 7 atom stereocenters. The molecule has 218 valence electrons. The number of fused-ring (bicyclic) bond motifs is 2. The molecule has 14 heteroatoms. The molecule has 0 aromatic carbocycles. The molecule has 0 radical (unpaired) electrons. The van der Waals surface area contributed by atoms with Crippen molar-refractivity contribution in [3.63, 3.8) is 0 Å². The summed E-state index contributed by atoms with van der Waals surface area (Å²) in [7, 11) is -2.40. The highest BCUT2D eigenvalue weighted by Gasteiger charge is 2.62. The molecule has 0 aromatic heterocycles. The number of ether oxygens (including phenoxy) is 1. The van der Waals surface area contributed by atoms with Gasteiger partial charge in [-0.25, -0.2) is 13.2 Å². The molecule has 2 aliphatic heterocycles. The van der Waals surface area contributed by atoms with Crippen LogP contribution in [0.5, 0.6) is 0 Å². The van der Waals surface area contributed by atoms with E-state index in [2.05, 4.69) is 15.4 Å². The standard InChI is InChI=1S/C25H38N4O9S/c1-14-5-3-4-6-16-11-25(16,23(33)28-39(36,37)18-7-8-18)27-21(31)19-10-17(30)12-29(19)22(32)20(26-24(34)35)15(9-14)13-38-2/h4,6,14-20,26,30H,3,5,7-13H2,1-2H3,(H,27,31)(H,28,33)(H,34,35)/b6-4-/t14?,15-,16+,17+,19-,20-,25+/m0/s1. The van der Waals surface area contributed by atoms with Crippen LogP contribution in [0.4, 0.5) is 4.79 Å². The number of sulfonamides is 1. The zero-order valence-corrected chi connectivity index (χ0v) is 23.0. The first-order valence-electron chi connectivity index (χ1n) is 13.4. The van der Waals surface area contributed by atoms with E-state index in [1.807, 2.05) is 19.1 Å². The fraction of sp³-hybridized carbons (Fsp3) is 0.760. The Morgan fingerprint density at radius 2 is 1.95 bits per heavy atom. The van der Waals surface area contributed by atoms with Crippen LogP contribution in [0, 0.1) is 17.8 Å². The fourth-order valence-corrected chi connectivity index (χ4v) is 7.12. The van der Waals surface area contributed by atoms with E-state index in [1.54, 1.807) is 0 Å². The van der Waals surface area contributed by atoms with Crippen molar-refractivity contribution in [1.29, 1.82) is 0 Å². The van der Waals surface area contributed by atoms with E-state index in [4.69, 9.17) is 4.74 Å². The molecule has 0 bridgehead atoms. The second kappa shape index (κ2) is 11.4. The summed E-state index contributed by atoms with van der Waals surface area (Å²) in [5.74, 6) is -3.08. The Bertz CT molecular complexity index is 1120. The highest BCUT2D eigenvalue weighted by molar-refractivity contribution is 7.91. The minimum Gasteiger partial charge on any atom is -0.465 e. The number of carbonyl (C=O) groups is 4. The summed E-state index contributed by atoms with van der Waals surface area (Å²) in [4.78, 5) is 53.3. The summed E-state index contributed by atoms with van der Waals surface area (Å²) in [6, 6.07) is -2.40. The molecule has 2 saturated carbocycles. The normalized spacial score (nSPS) is 36.4. The molecule has 4 rings (SSSR count). The first-order chi connectivity index (χ1) is 18.4. The van der Waals surface area contributed by atoms with Crippen LogP contribution in [-0.2, 0) is 29.1 Å². The molecule has 2 heterocycles. The van der Waals surface area contributed by atoms with Crippen molar-refractivity contribution in [1.82, 2.24) is 20.3 Å². The third-order valence-corrected chi connectivity index (χ3v) is 9.94. The highest BCUT2D eigenvalue weighted by Crippen LogP contribution is 2.46. The number of aliphatic hydroxyl groups excluding tert-OH is 1. The van der Waals surface area contributed by atoms with Gasteiger partial charge in [-0.15, -0.1) is 0 Å². The minimum atomic E-state index is -3.86. The first kappa shape index (κ1) is 29.3. The van der Waals surface area contributed by atoms with Gasteiger partial charge in [0, 0.05) is 31.9 Å². The molecule has 2 aliphatic carbocycles. The quantitative estimate of drug-likeness (QED) is 0.267. The first-order valence-corrected chi connectivity index (χ1v) is 14.9. The van der Waals surface area contributed by atoms with Gasteiger partial charge in [-0.05, 0) is 44.4 Å². The topological polar surface area (TPSA) is 191 Å². The summed E-state index contributed by atoms with van der Waals surface area (Å²) >= 11 is 0. The van der Waals surface area contributed by atoms with Crippen molar-refractivity contribution in [3.05, 3.63) is 12.2 Å². The van der Waals surface area contributed by atoms with Gasteiger partial charge in [0.1, 0.15) is 17.6 Å². The number of amides is 4.